The first-order valence-corrected chi connectivity index (χ1v) is 7.56. The van der Waals surface area contributed by atoms with Crippen molar-refractivity contribution in [2.45, 2.75) is 31.7 Å². The Kier molecular flexibility index (Phi) is 6.11. The first-order chi connectivity index (χ1) is 9.74. The van der Waals surface area contributed by atoms with Gasteiger partial charge < -0.3 is 14.9 Å². The standard InChI is InChI=1S/C16H22N2O2.Na.H/c19-16(20)13-4-3-5-15(12-13)18-10-6-14(7-11-18)17-8-1-2-9-17;;/h3-5,12,14H,1-2,6-11H2,(H,19,20);;. The van der Waals surface area contributed by atoms with Crippen LogP contribution in [0.5, 0.6) is 0 Å². The quantitative estimate of drug-likeness (QED) is 0.864. The molecule has 1 aromatic carbocycles. The fourth-order valence-electron chi connectivity index (χ4n) is 3.43. The van der Waals surface area contributed by atoms with Crippen molar-refractivity contribution in [2.24, 2.45) is 0 Å². The molecule has 2 fully saturated rings. The predicted octanol–water partition coefficient (Wildman–Crippen LogP) is 1.80. The first kappa shape index (κ1) is 16.8. The number of benzene rings is 1. The maximum absolute atomic E-state index is 11.0. The Hall–Kier alpha value is -0.550. The molecule has 0 saturated carbocycles. The van der Waals surface area contributed by atoms with Crippen molar-refractivity contribution in [3.05, 3.63) is 29.8 Å². The van der Waals surface area contributed by atoms with Gasteiger partial charge in [0.1, 0.15) is 0 Å². The zero-order chi connectivity index (χ0) is 13.9. The molecule has 0 amide bonds. The minimum atomic E-state index is -0.848. The zero-order valence-electron chi connectivity index (χ0n) is 11.8. The number of carboxylic acids is 1. The molecule has 21 heavy (non-hydrogen) atoms. The van der Waals surface area contributed by atoms with Crippen LogP contribution in [0.25, 0.3) is 0 Å². The average Bonchev–Trinajstić information content (AvgIpc) is 3.02. The number of hydrogen-bond donors (Lipinski definition) is 1. The molecule has 1 N–H and O–H groups in total. The van der Waals surface area contributed by atoms with Crippen molar-refractivity contribution < 1.29 is 9.90 Å². The summed E-state index contributed by atoms with van der Waals surface area (Å²) in [6, 6.07) is 8.03. The van der Waals surface area contributed by atoms with Crippen molar-refractivity contribution in [3.8, 4) is 0 Å². The fourth-order valence-corrected chi connectivity index (χ4v) is 3.43. The van der Waals surface area contributed by atoms with Gasteiger partial charge in [0.25, 0.3) is 0 Å². The molecule has 0 aromatic heterocycles. The molecule has 2 aliphatic rings. The molecule has 2 heterocycles. The van der Waals surface area contributed by atoms with Crippen molar-refractivity contribution in [2.75, 3.05) is 31.1 Å². The van der Waals surface area contributed by atoms with Crippen molar-refractivity contribution in [1.29, 1.82) is 0 Å². The van der Waals surface area contributed by atoms with Gasteiger partial charge in [0.15, 0.2) is 0 Å². The van der Waals surface area contributed by atoms with E-state index in [1.165, 1.54) is 38.8 Å². The van der Waals surface area contributed by atoms with E-state index in [9.17, 15) is 4.79 Å². The van der Waals surface area contributed by atoms with Crippen LogP contribution in [0.4, 0.5) is 5.69 Å². The molecule has 0 atom stereocenters. The van der Waals surface area contributed by atoms with Crippen LogP contribution in [0.2, 0.25) is 0 Å². The first-order valence-electron chi connectivity index (χ1n) is 7.56. The van der Waals surface area contributed by atoms with Gasteiger partial charge in [-0.05, 0) is 57.0 Å². The molecule has 5 heteroatoms. The van der Waals surface area contributed by atoms with E-state index in [0.717, 1.165) is 24.8 Å². The number of anilines is 1. The van der Waals surface area contributed by atoms with Gasteiger partial charge in [-0.15, -0.1) is 0 Å². The minimum absolute atomic E-state index is 0. The van der Waals surface area contributed by atoms with E-state index in [-0.39, 0.29) is 29.6 Å². The summed E-state index contributed by atoms with van der Waals surface area (Å²) >= 11 is 0. The van der Waals surface area contributed by atoms with E-state index in [1.54, 1.807) is 12.1 Å². The third kappa shape index (κ3) is 4.01. The second-order valence-corrected chi connectivity index (χ2v) is 5.82. The van der Waals surface area contributed by atoms with Gasteiger partial charge in [-0.3, -0.25) is 0 Å². The van der Waals surface area contributed by atoms with E-state index in [2.05, 4.69) is 9.80 Å². The summed E-state index contributed by atoms with van der Waals surface area (Å²) in [5.74, 6) is -0.848. The van der Waals surface area contributed by atoms with Crippen LogP contribution in [0.3, 0.4) is 0 Å². The molecule has 0 aliphatic carbocycles. The maximum atomic E-state index is 11.0. The topological polar surface area (TPSA) is 43.8 Å². The van der Waals surface area contributed by atoms with Crippen molar-refractivity contribution in [1.82, 2.24) is 4.90 Å². The average molecular weight is 298 g/mol. The second-order valence-electron chi connectivity index (χ2n) is 5.82. The van der Waals surface area contributed by atoms with Crippen molar-refractivity contribution >= 4 is 41.2 Å². The Morgan fingerprint density at radius 1 is 1.10 bits per heavy atom. The van der Waals surface area contributed by atoms with Gasteiger partial charge >= 0.3 is 35.5 Å². The zero-order valence-corrected chi connectivity index (χ0v) is 11.8. The van der Waals surface area contributed by atoms with Crippen LogP contribution in [-0.4, -0.2) is 77.8 Å². The van der Waals surface area contributed by atoms with Crippen LogP contribution < -0.4 is 4.90 Å². The Bertz CT molecular complexity index is 481. The van der Waals surface area contributed by atoms with E-state index in [0.29, 0.717) is 5.56 Å². The summed E-state index contributed by atoms with van der Waals surface area (Å²) in [4.78, 5) is 16.0. The van der Waals surface area contributed by atoms with Gasteiger partial charge in [0.2, 0.25) is 0 Å². The molecular formula is C16H23N2NaO2. The molecule has 0 unspecified atom stereocenters. The third-order valence-corrected chi connectivity index (χ3v) is 4.58. The number of carboxylic acid groups (broad SMARTS) is 1. The van der Waals surface area contributed by atoms with Crippen molar-refractivity contribution in [3.63, 3.8) is 0 Å². The second kappa shape index (κ2) is 7.63. The summed E-state index contributed by atoms with van der Waals surface area (Å²) in [5.41, 5.74) is 1.42. The van der Waals surface area contributed by atoms with E-state index in [4.69, 9.17) is 5.11 Å². The predicted molar refractivity (Wildman–Crippen MR) is 86.6 cm³/mol. The Balaban J connectivity index is 0.00000161. The number of rotatable bonds is 3. The Morgan fingerprint density at radius 3 is 2.38 bits per heavy atom. The van der Waals surface area contributed by atoms with Gasteiger partial charge in [-0.25, -0.2) is 4.79 Å². The van der Waals surface area contributed by atoms with Crippen LogP contribution in [0.15, 0.2) is 24.3 Å². The Morgan fingerprint density at radius 2 is 1.76 bits per heavy atom. The van der Waals surface area contributed by atoms with Crippen LogP contribution >= 0.6 is 0 Å². The van der Waals surface area contributed by atoms with Crippen LogP contribution in [0.1, 0.15) is 36.0 Å². The monoisotopic (exact) mass is 298 g/mol. The molecule has 2 aliphatic heterocycles. The van der Waals surface area contributed by atoms with Crippen LogP contribution in [-0.2, 0) is 0 Å². The van der Waals surface area contributed by atoms with Crippen LogP contribution in [0, 0.1) is 0 Å². The Labute approximate surface area is 148 Å². The summed E-state index contributed by atoms with van der Waals surface area (Å²) in [6.07, 6.45) is 5.08. The molecule has 1 aromatic rings. The summed E-state index contributed by atoms with van der Waals surface area (Å²) in [7, 11) is 0. The number of carbonyl (C=O) groups is 1. The number of piperidine rings is 1. The SMILES string of the molecule is O=C(O)c1cccc(N2CCC(N3CCCC3)CC2)c1.[NaH]. The summed E-state index contributed by atoms with van der Waals surface area (Å²) in [6.45, 7) is 4.59. The molecule has 2 saturated heterocycles. The summed E-state index contributed by atoms with van der Waals surface area (Å²) < 4.78 is 0. The molecule has 0 spiro atoms. The third-order valence-electron chi connectivity index (χ3n) is 4.58. The summed E-state index contributed by atoms with van der Waals surface area (Å²) in [5, 5.41) is 9.07. The molecular weight excluding hydrogens is 275 g/mol. The number of aromatic carboxylic acids is 1. The van der Waals surface area contributed by atoms with E-state index >= 15 is 0 Å². The number of hydrogen-bond acceptors (Lipinski definition) is 3. The van der Waals surface area contributed by atoms with Gasteiger partial charge in [0.05, 0.1) is 5.56 Å². The molecule has 110 valence electrons. The van der Waals surface area contributed by atoms with Gasteiger partial charge in [-0.2, -0.15) is 0 Å². The molecule has 0 radical (unpaired) electrons. The van der Waals surface area contributed by atoms with Gasteiger partial charge in [-0.1, -0.05) is 6.07 Å². The number of likely N-dealkylation sites (tertiary alicyclic amines) is 1. The van der Waals surface area contributed by atoms with E-state index in [1.807, 2.05) is 12.1 Å². The number of nitrogens with zero attached hydrogens (tertiary/aromatic N) is 2. The normalized spacial score (nSPS) is 20.3. The molecule has 4 nitrogen and oxygen atoms in total. The fraction of sp³-hybridized carbons (Fsp3) is 0.562. The molecule has 3 rings (SSSR count). The molecule has 0 bridgehead atoms. The van der Waals surface area contributed by atoms with Gasteiger partial charge in [0, 0.05) is 24.8 Å². The van der Waals surface area contributed by atoms with E-state index < -0.39 is 5.97 Å².